The Balaban J connectivity index is 1.86. The third kappa shape index (κ3) is 2.88. The van der Waals surface area contributed by atoms with Crippen LogP contribution < -0.4 is 0 Å². The maximum atomic E-state index is 6.22. The molecule has 1 aromatic carbocycles. The van der Waals surface area contributed by atoms with Crippen LogP contribution in [-0.2, 0) is 5.75 Å². The molecule has 6 heteroatoms. The van der Waals surface area contributed by atoms with Crippen molar-refractivity contribution in [1.29, 1.82) is 0 Å². The van der Waals surface area contributed by atoms with Crippen LogP contribution in [0.3, 0.4) is 0 Å². The van der Waals surface area contributed by atoms with Crippen molar-refractivity contribution >= 4 is 45.6 Å². The number of hydrogen-bond acceptors (Lipinski definition) is 5. The molecule has 0 unspecified atom stereocenters. The van der Waals surface area contributed by atoms with Crippen LogP contribution >= 0.6 is 34.7 Å². The van der Waals surface area contributed by atoms with Gasteiger partial charge in [0, 0.05) is 16.7 Å². The van der Waals surface area contributed by atoms with Gasteiger partial charge < -0.3 is 0 Å². The summed E-state index contributed by atoms with van der Waals surface area (Å²) < 4.78 is 0.960. The topological polar surface area (TPSA) is 38.7 Å². The Morgan fingerprint density at radius 2 is 2.11 bits per heavy atom. The minimum Gasteiger partial charge on any atom is -0.236 e. The van der Waals surface area contributed by atoms with E-state index in [1.807, 2.05) is 31.2 Å². The summed E-state index contributed by atoms with van der Waals surface area (Å²) in [6, 6.07) is 10.1. The highest BCUT2D eigenvalue weighted by molar-refractivity contribution is 8.00. The summed E-state index contributed by atoms with van der Waals surface area (Å²) in [6.07, 6.45) is 0. The van der Waals surface area contributed by atoms with E-state index < -0.39 is 0 Å². The molecule has 0 radical (unpaired) electrons. The first-order valence-corrected chi connectivity index (χ1v) is 7.87. The number of halogens is 1. The lowest BCUT2D eigenvalue weighted by Crippen LogP contribution is -1.88. The minimum atomic E-state index is 0.562. The number of aryl methyl sites for hydroxylation is 1. The van der Waals surface area contributed by atoms with E-state index in [9.17, 15) is 0 Å². The first-order valence-electron chi connectivity index (χ1n) is 5.69. The van der Waals surface area contributed by atoms with Gasteiger partial charge in [0.1, 0.15) is 10.2 Å². The Morgan fingerprint density at radius 3 is 2.89 bits per heavy atom. The van der Waals surface area contributed by atoms with Gasteiger partial charge in [0.25, 0.3) is 0 Å². The van der Waals surface area contributed by atoms with E-state index in [0.29, 0.717) is 5.15 Å². The highest BCUT2D eigenvalue weighted by Crippen LogP contribution is 2.29. The summed E-state index contributed by atoms with van der Waals surface area (Å²) in [4.78, 5) is 4.41. The van der Waals surface area contributed by atoms with Crippen molar-refractivity contribution in [2.45, 2.75) is 17.0 Å². The zero-order valence-corrected chi connectivity index (χ0v) is 12.5. The van der Waals surface area contributed by atoms with Gasteiger partial charge in [-0.2, -0.15) is 0 Å². The predicted molar refractivity (Wildman–Crippen MR) is 81.0 cm³/mol. The normalized spacial score (nSPS) is 11.1. The maximum Gasteiger partial charge on any atom is 0.174 e. The van der Waals surface area contributed by atoms with Crippen molar-refractivity contribution in [2.24, 2.45) is 0 Å². The van der Waals surface area contributed by atoms with E-state index in [0.717, 1.165) is 31.6 Å². The fourth-order valence-corrected chi connectivity index (χ4v) is 3.79. The molecule has 0 saturated carbocycles. The highest BCUT2D eigenvalue weighted by Gasteiger charge is 2.07. The zero-order valence-electron chi connectivity index (χ0n) is 10.1. The average molecular weight is 308 g/mol. The van der Waals surface area contributed by atoms with Gasteiger partial charge in [0.15, 0.2) is 4.34 Å². The summed E-state index contributed by atoms with van der Waals surface area (Å²) in [5.41, 5.74) is 1.95. The molecule has 2 heterocycles. The lowest BCUT2D eigenvalue weighted by Gasteiger charge is -2.04. The second-order valence-electron chi connectivity index (χ2n) is 4.01. The Morgan fingerprint density at radius 1 is 1.26 bits per heavy atom. The van der Waals surface area contributed by atoms with Gasteiger partial charge >= 0.3 is 0 Å². The van der Waals surface area contributed by atoms with Crippen LogP contribution in [0, 0.1) is 6.92 Å². The van der Waals surface area contributed by atoms with Crippen LogP contribution in [0.5, 0.6) is 0 Å². The summed E-state index contributed by atoms with van der Waals surface area (Å²) in [5, 5.41) is 10.7. The van der Waals surface area contributed by atoms with Gasteiger partial charge in [-0.15, -0.1) is 10.2 Å². The third-order valence-corrected chi connectivity index (χ3v) is 4.96. The molecule has 0 spiro atoms. The molecule has 2 aromatic heterocycles. The molecular formula is C13H10ClN3S2. The Bertz CT molecular complexity index is 727. The molecule has 0 aliphatic rings. The van der Waals surface area contributed by atoms with Gasteiger partial charge in [-0.05, 0) is 19.1 Å². The molecule has 0 N–H and O–H groups in total. The van der Waals surface area contributed by atoms with E-state index in [2.05, 4.69) is 21.2 Å². The van der Waals surface area contributed by atoms with Crippen molar-refractivity contribution in [1.82, 2.24) is 15.2 Å². The molecular weight excluding hydrogens is 298 g/mol. The molecule has 0 bridgehead atoms. The largest absolute Gasteiger partial charge is 0.236 e. The van der Waals surface area contributed by atoms with Crippen molar-refractivity contribution in [3.8, 4) is 0 Å². The smallest absolute Gasteiger partial charge is 0.174 e. The number of benzene rings is 1. The van der Waals surface area contributed by atoms with Crippen LogP contribution in [0.1, 0.15) is 10.6 Å². The van der Waals surface area contributed by atoms with Gasteiger partial charge in [-0.1, -0.05) is 52.9 Å². The first-order chi connectivity index (χ1) is 9.22. The van der Waals surface area contributed by atoms with E-state index in [4.69, 9.17) is 11.6 Å². The van der Waals surface area contributed by atoms with E-state index in [-0.39, 0.29) is 0 Å². The third-order valence-electron chi connectivity index (χ3n) is 2.61. The average Bonchev–Trinajstić information content (AvgIpc) is 2.82. The van der Waals surface area contributed by atoms with Crippen LogP contribution in [-0.4, -0.2) is 15.2 Å². The Labute approximate surface area is 124 Å². The molecule has 0 atom stereocenters. The lowest BCUT2D eigenvalue weighted by atomic mass is 10.2. The van der Waals surface area contributed by atoms with Crippen molar-refractivity contribution < 1.29 is 0 Å². The predicted octanol–water partition coefficient (Wildman–Crippen LogP) is 4.34. The van der Waals surface area contributed by atoms with Gasteiger partial charge in [0.05, 0.1) is 5.52 Å². The number of hydrogen-bond donors (Lipinski definition) is 0. The molecule has 3 nitrogen and oxygen atoms in total. The second kappa shape index (κ2) is 5.45. The summed E-state index contributed by atoms with van der Waals surface area (Å²) in [6.45, 7) is 1.95. The van der Waals surface area contributed by atoms with Crippen LogP contribution in [0.4, 0.5) is 0 Å². The van der Waals surface area contributed by atoms with Crippen molar-refractivity contribution in [3.63, 3.8) is 0 Å². The molecule has 19 heavy (non-hydrogen) atoms. The number of nitrogens with zero attached hydrogens (tertiary/aromatic N) is 3. The number of pyridine rings is 1. The van der Waals surface area contributed by atoms with Crippen LogP contribution in [0.2, 0.25) is 5.15 Å². The van der Waals surface area contributed by atoms with Crippen molar-refractivity contribution in [3.05, 3.63) is 46.1 Å². The molecule has 96 valence electrons. The zero-order chi connectivity index (χ0) is 13.2. The minimum absolute atomic E-state index is 0.562. The molecule has 0 saturated heterocycles. The first kappa shape index (κ1) is 12.8. The number of fused-ring (bicyclic) bond motifs is 1. The van der Waals surface area contributed by atoms with Gasteiger partial charge in [-0.3, -0.25) is 0 Å². The summed E-state index contributed by atoms with van der Waals surface area (Å²) >= 11 is 9.45. The van der Waals surface area contributed by atoms with Crippen LogP contribution in [0.25, 0.3) is 10.9 Å². The van der Waals surface area contributed by atoms with Crippen molar-refractivity contribution in [2.75, 3.05) is 0 Å². The number of thioether (sulfide) groups is 1. The maximum absolute atomic E-state index is 6.22. The van der Waals surface area contributed by atoms with Crippen LogP contribution in [0.15, 0.2) is 34.7 Å². The monoisotopic (exact) mass is 307 g/mol. The molecule has 0 aliphatic carbocycles. The standard InChI is InChI=1S/C13H10ClN3S2/c1-8-16-17-13(19-8)18-7-10-6-9-4-2-3-5-11(9)15-12(10)14/h2-6H,7H2,1H3. The van der Waals surface area contributed by atoms with E-state index >= 15 is 0 Å². The molecule has 0 fully saturated rings. The fourth-order valence-electron chi connectivity index (χ4n) is 1.71. The number of para-hydroxylation sites is 1. The quantitative estimate of drug-likeness (QED) is 0.533. The van der Waals surface area contributed by atoms with Gasteiger partial charge in [-0.25, -0.2) is 4.98 Å². The molecule has 3 aromatic rings. The number of aromatic nitrogens is 3. The van der Waals surface area contributed by atoms with Gasteiger partial charge in [0.2, 0.25) is 0 Å². The van der Waals surface area contributed by atoms with E-state index in [1.165, 1.54) is 0 Å². The Hall–Kier alpha value is -1.17. The fraction of sp³-hybridized carbons (Fsp3) is 0.154. The second-order valence-corrected chi connectivity index (χ2v) is 6.77. The summed E-state index contributed by atoms with van der Waals surface area (Å²) in [5.74, 6) is 0.755. The molecule has 0 aliphatic heterocycles. The lowest BCUT2D eigenvalue weighted by molar-refractivity contribution is 0.983. The Kier molecular flexibility index (Phi) is 3.68. The molecule has 0 amide bonds. The highest BCUT2D eigenvalue weighted by atomic mass is 35.5. The SMILES string of the molecule is Cc1nnc(SCc2cc3ccccc3nc2Cl)s1. The van der Waals surface area contributed by atoms with E-state index in [1.54, 1.807) is 23.1 Å². The summed E-state index contributed by atoms with van der Waals surface area (Å²) in [7, 11) is 0. The number of rotatable bonds is 3. The molecule has 3 rings (SSSR count).